The van der Waals surface area contributed by atoms with Gasteiger partial charge in [-0.05, 0) is 61.1 Å². The molecule has 138 valence electrons. The summed E-state index contributed by atoms with van der Waals surface area (Å²) in [5.74, 6) is 0.851. The van der Waals surface area contributed by atoms with Gasteiger partial charge in [0.05, 0.1) is 24.9 Å². The van der Waals surface area contributed by atoms with Gasteiger partial charge in [0, 0.05) is 24.1 Å². The predicted octanol–water partition coefficient (Wildman–Crippen LogP) is 3.90. The van der Waals surface area contributed by atoms with E-state index in [1.807, 2.05) is 36.5 Å². The van der Waals surface area contributed by atoms with Crippen molar-refractivity contribution in [2.24, 2.45) is 0 Å². The highest BCUT2D eigenvalue weighted by Gasteiger charge is 2.40. The number of thiocarbonyl (C=S) groups is 1. The number of pyridine rings is 1. The Hall–Kier alpha value is -2.86. The third-order valence-corrected chi connectivity index (χ3v) is 5.24. The van der Waals surface area contributed by atoms with Crippen molar-refractivity contribution < 1.29 is 4.74 Å². The van der Waals surface area contributed by atoms with Crippen LogP contribution in [0.4, 0.5) is 0 Å². The molecule has 4 rings (SSSR count). The molecule has 3 heterocycles. The number of hydrogen-bond acceptors (Lipinski definition) is 3. The molecular formula is C21H22N4OS. The summed E-state index contributed by atoms with van der Waals surface area (Å²) in [6, 6.07) is 18.4. The molecule has 1 aromatic carbocycles. The molecule has 2 N–H and O–H groups in total. The molecule has 0 bridgehead atoms. The number of methoxy groups -OCH3 is 1. The second kappa shape index (κ2) is 7.40. The van der Waals surface area contributed by atoms with Gasteiger partial charge in [0.2, 0.25) is 0 Å². The number of nitrogens with zero attached hydrogens (tertiary/aromatic N) is 2. The third kappa shape index (κ3) is 3.53. The van der Waals surface area contributed by atoms with Crippen LogP contribution in [0.3, 0.4) is 0 Å². The van der Waals surface area contributed by atoms with Crippen molar-refractivity contribution in [1.29, 1.82) is 0 Å². The zero-order valence-electron chi connectivity index (χ0n) is 15.3. The molecule has 5 nitrogen and oxygen atoms in total. The normalized spacial score (nSPS) is 19.2. The molecule has 1 aliphatic rings. The van der Waals surface area contributed by atoms with Crippen LogP contribution in [0.25, 0.3) is 0 Å². The molecule has 0 radical (unpaired) electrons. The van der Waals surface area contributed by atoms with Crippen molar-refractivity contribution in [2.75, 3.05) is 7.11 Å². The fourth-order valence-corrected chi connectivity index (χ4v) is 3.85. The maximum atomic E-state index is 5.70. The van der Waals surface area contributed by atoms with E-state index in [1.54, 1.807) is 7.11 Å². The number of aromatic amines is 1. The van der Waals surface area contributed by atoms with E-state index in [0.717, 1.165) is 27.9 Å². The van der Waals surface area contributed by atoms with Gasteiger partial charge in [-0.15, -0.1) is 0 Å². The maximum absolute atomic E-state index is 5.70. The first-order valence-electron chi connectivity index (χ1n) is 8.92. The van der Waals surface area contributed by atoms with Crippen molar-refractivity contribution in [3.05, 3.63) is 83.4 Å². The molecule has 0 aliphatic carbocycles. The Kier molecular flexibility index (Phi) is 4.81. The second-order valence-electron chi connectivity index (χ2n) is 6.70. The van der Waals surface area contributed by atoms with Crippen molar-refractivity contribution in [2.45, 2.75) is 25.6 Å². The molecular weight excluding hydrogens is 356 g/mol. The first-order valence-corrected chi connectivity index (χ1v) is 9.33. The van der Waals surface area contributed by atoms with E-state index in [0.29, 0.717) is 6.54 Å². The lowest BCUT2D eigenvalue weighted by atomic mass is 10.0. The fraction of sp³-hybridized carbons (Fsp3) is 0.238. The molecule has 1 saturated heterocycles. The van der Waals surface area contributed by atoms with Crippen LogP contribution in [-0.2, 0) is 6.54 Å². The number of aromatic nitrogens is 2. The van der Waals surface area contributed by atoms with Crippen molar-refractivity contribution >= 4 is 17.3 Å². The summed E-state index contributed by atoms with van der Waals surface area (Å²) in [5.41, 5.74) is 4.42. The van der Waals surface area contributed by atoms with Crippen LogP contribution in [0.5, 0.6) is 5.75 Å². The summed E-state index contributed by atoms with van der Waals surface area (Å²) >= 11 is 5.70. The Balaban J connectivity index is 1.68. The van der Waals surface area contributed by atoms with Crippen LogP contribution in [0.1, 0.15) is 34.7 Å². The van der Waals surface area contributed by atoms with E-state index in [4.69, 9.17) is 17.0 Å². The van der Waals surface area contributed by atoms with Gasteiger partial charge in [-0.25, -0.2) is 0 Å². The topological polar surface area (TPSA) is 53.2 Å². The minimum Gasteiger partial charge on any atom is -0.497 e. The summed E-state index contributed by atoms with van der Waals surface area (Å²) in [6.45, 7) is 2.77. The SMILES string of the molecule is COc1ccc(CN2C(=S)N[C@H](c3ccccn3)[C@H]2c2ccc(C)[nH]2)cc1. The molecule has 2 atom stereocenters. The monoisotopic (exact) mass is 378 g/mol. The van der Waals surface area contributed by atoms with Crippen LogP contribution < -0.4 is 10.1 Å². The summed E-state index contributed by atoms with van der Waals surface area (Å²) < 4.78 is 5.26. The van der Waals surface area contributed by atoms with Gasteiger partial charge in [-0.3, -0.25) is 4.98 Å². The molecule has 6 heteroatoms. The zero-order chi connectivity index (χ0) is 18.8. The molecule has 27 heavy (non-hydrogen) atoms. The quantitative estimate of drug-likeness (QED) is 0.660. The molecule has 0 saturated carbocycles. The molecule has 0 spiro atoms. The van der Waals surface area contributed by atoms with Gasteiger partial charge in [0.1, 0.15) is 5.75 Å². The standard InChI is InChI=1S/C21H22N4OS/c1-14-6-11-18(23-14)20-19(17-5-3-4-12-22-17)24-21(27)25(20)13-15-7-9-16(26-2)10-8-15/h3-12,19-20,23H,13H2,1-2H3,(H,24,27)/t19-,20-/m1/s1. The molecule has 0 amide bonds. The van der Waals surface area contributed by atoms with Gasteiger partial charge >= 0.3 is 0 Å². The third-order valence-electron chi connectivity index (χ3n) is 4.88. The number of benzene rings is 1. The van der Waals surface area contributed by atoms with Crippen molar-refractivity contribution in [1.82, 2.24) is 20.2 Å². The highest BCUT2D eigenvalue weighted by molar-refractivity contribution is 7.80. The summed E-state index contributed by atoms with van der Waals surface area (Å²) in [4.78, 5) is 10.3. The van der Waals surface area contributed by atoms with Gasteiger partial charge < -0.3 is 19.9 Å². The largest absolute Gasteiger partial charge is 0.497 e. The molecule has 3 aromatic rings. The minimum atomic E-state index is -0.00463. The lowest BCUT2D eigenvalue weighted by Crippen LogP contribution is -2.29. The molecule has 1 fully saturated rings. The van der Waals surface area contributed by atoms with Crippen LogP contribution in [0, 0.1) is 6.92 Å². The molecule has 2 aromatic heterocycles. The Morgan fingerprint density at radius 3 is 2.56 bits per heavy atom. The van der Waals surface area contributed by atoms with Crippen LogP contribution in [-0.4, -0.2) is 27.1 Å². The van der Waals surface area contributed by atoms with Crippen LogP contribution >= 0.6 is 12.2 Å². The number of hydrogen-bond donors (Lipinski definition) is 2. The average molecular weight is 379 g/mol. The highest BCUT2D eigenvalue weighted by Crippen LogP contribution is 2.39. The smallest absolute Gasteiger partial charge is 0.170 e. The van der Waals surface area contributed by atoms with E-state index in [9.17, 15) is 0 Å². The summed E-state index contributed by atoms with van der Waals surface area (Å²) in [6.07, 6.45) is 1.82. The predicted molar refractivity (Wildman–Crippen MR) is 110 cm³/mol. The average Bonchev–Trinajstić information content (AvgIpc) is 3.26. The van der Waals surface area contributed by atoms with Gasteiger partial charge in [0.15, 0.2) is 5.11 Å². The number of ether oxygens (including phenoxy) is 1. The maximum Gasteiger partial charge on any atom is 0.170 e. The van der Waals surface area contributed by atoms with E-state index in [2.05, 4.69) is 51.4 Å². The number of H-pyrrole nitrogens is 1. The Labute approximate surface area is 164 Å². The number of aryl methyl sites for hydroxylation is 1. The second-order valence-corrected chi connectivity index (χ2v) is 7.09. The summed E-state index contributed by atoms with van der Waals surface area (Å²) in [5, 5.41) is 4.21. The van der Waals surface area contributed by atoms with E-state index in [-0.39, 0.29) is 12.1 Å². The van der Waals surface area contributed by atoms with E-state index < -0.39 is 0 Å². The van der Waals surface area contributed by atoms with E-state index in [1.165, 1.54) is 5.56 Å². The first-order chi connectivity index (χ1) is 13.2. The Bertz CT molecular complexity index is 923. The zero-order valence-corrected chi connectivity index (χ0v) is 16.2. The molecule has 0 unspecified atom stereocenters. The Morgan fingerprint density at radius 2 is 1.93 bits per heavy atom. The fourth-order valence-electron chi connectivity index (χ4n) is 3.54. The van der Waals surface area contributed by atoms with Gasteiger partial charge in [0.25, 0.3) is 0 Å². The van der Waals surface area contributed by atoms with Crippen LogP contribution in [0.15, 0.2) is 60.8 Å². The van der Waals surface area contributed by atoms with Crippen LogP contribution in [0.2, 0.25) is 0 Å². The van der Waals surface area contributed by atoms with Gasteiger partial charge in [-0.2, -0.15) is 0 Å². The lowest BCUT2D eigenvalue weighted by molar-refractivity contribution is 0.305. The molecule has 1 aliphatic heterocycles. The first kappa shape index (κ1) is 17.5. The number of nitrogens with one attached hydrogen (secondary N) is 2. The Morgan fingerprint density at radius 1 is 1.11 bits per heavy atom. The minimum absolute atomic E-state index is 0.00463. The number of rotatable bonds is 5. The highest BCUT2D eigenvalue weighted by atomic mass is 32.1. The van der Waals surface area contributed by atoms with Crippen molar-refractivity contribution in [3.8, 4) is 5.75 Å². The lowest BCUT2D eigenvalue weighted by Gasteiger charge is -2.27. The summed E-state index contributed by atoms with van der Waals surface area (Å²) in [7, 11) is 1.68. The van der Waals surface area contributed by atoms with E-state index >= 15 is 0 Å². The van der Waals surface area contributed by atoms with Gasteiger partial charge in [-0.1, -0.05) is 18.2 Å². The van der Waals surface area contributed by atoms with Crippen molar-refractivity contribution in [3.63, 3.8) is 0 Å².